The van der Waals surface area contributed by atoms with E-state index in [4.69, 9.17) is 21.1 Å². The topological polar surface area (TPSA) is 31.4 Å². The third-order valence-electron chi connectivity index (χ3n) is 2.29. The second kappa shape index (κ2) is 6.38. The molecule has 0 aliphatic heterocycles. The number of rotatable bonds is 5. The number of nitrogens with zero attached hydrogens (tertiary/aromatic N) is 1. The van der Waals surface area contributed by atoms with Gasteiger partial charge in [0.1, 0.15) is 11.5 Å². The van der Waals surface area contributed by atoms with Gasteiger partial charge in [-0.05, 0) is 36.8 Å². The number of aromatic nitrogens is 1. The van der Waals surface area contributed by atoms with Crippen LogP contribution in [0.3, 0.4) is 0 Å². The van der Waals surface area contributed by atoms with E-state index in [9.17, 15) is 4.39 Å². The predicted molar refractivity (Wildman–Crippen MR) is 71.5 cm³/mol. The summed E-state index contributed by atoms with van der Waals surface area (Å²) in [5.41, 5.74) is 0. The Morgan fingerprint density at radius 3 is 2.53 bits per heavy atom. The molecule has 3 nitrogen and oxygen atoms in total. The van der Waals surface area contributed by atoms with Crippen molar-refractivity contribution in [3.05, 3.63) is 47.4 Å². The highest BCUT2D eigenvalue weighted by molar-refractivity contribution is 6.30. The van der Waals surface area contributed by atoms with Crippen LogP contribution in [0.15, 0.2) is 36.5 Å². The first kappa shape index (κ1) is 13.6. The molecular weight excluding hydrogens is 269 g/mol. The lowest BCUT2D eigenvalue weighted by molar-refractivity contribution is 0.317. The molecule has 0 N–H and O–H groups in total. The highest BCUT2D eigenvalue weighted by Crippen LogP contribution is 2.25. The van der Waals surface area contributed by atoms with Gasteiger partial charge >= 0.3 is 0 Å². The molecule has 2 rings (SSSR count). The minimum absolute atomic E-state index is 0.105. The van der Waals surface area contributed by atoms with Crippen LogP contribution in [-0.2, 0) is 0 Å². The van der Waals surface area contributed by atoms with E-state index in [-0.39, 0.29) is 10.9 Å². The molecule has 0 amide bonds. The second-order valence-electron chi connectivity index (χ2n) is 3.86. The largest absolute Gasteiger partial charge is 0.494 e. The Hall–Kier alpha value is -1.81. The molecule has 0 radical (unpaired) electrons. The number of hydrogen-bond donors (Lipinski definition) is 0. The molecule has 1 aromatic heterocycles. The van der Waals surface area contributed by atoms with Crippen LogP contribution >= 0.6 is 11.6 Å². The lowest BCUT2D eigenvalue weighted by Crippen LogP contribution is -1.95. The van der Waals surface area contributed by atoms with E-state index in [1.165, 1.54) is 6.20 Å². The third-order valence-corrected chi connectivity index (χ3v) is 2.49. The Balaban J connectivity index is 2.06. The zero-order valence-electron chi connectivity index (χ0n) is 10.4. The van der Waals surface area contributed by atoms with Crippen LogP contribution in [0.4, 0.5) is 4.39 Å². The van der Waals surface area contributed by atoms with Gasteiger partial charge in [0.2, 0.25) is 0 Å². The molecule has 0 spiro atoms. The highest BCUT2D eigenvalue weighted by atomic mass is 35.5. The van der Waals surface area contributed by atoms with Gasteiger partial charge in [0, 0.05) is 6.20 Å². The monoisotopic (exact) mass is 281 g/mol. The summed E-state index contributed by atoms with van der Waals surface area (Å²) in [7, 11) is 0. The average molecular weight is 282 g/mol. The van der Waals surface area contributed by atoms with E-state index in [1.54, 1.807) is 24.3 Å². The van der Waals surface area contributed by atoms with E-state index in [2.05, 4.69) is 4.98 Å². The summed E-state index contributed by atoms with van der Waals surface area (Å²) in [6.45, 7) is 2.69. The Morgan fingerprint density at radius 1 is 1.21 bits per heavy atom. The summed E-state index contributed by atoms with van der Waals surface area (Å²) in [5, 5.41) is 0.230. The fourth-order valence-electron chi connectivity index (χ4n) is 1.41. The minimum atomic E-state index is -0.598. The maximum absolute atomic E-state index is 13.5. The zero-order valence-corrected chi connectivity index (χ0v) is 11.2. The van der Waals surface area contributed by atoms with Crippen molar-refractivity contribution in [3.63, 3.8) is 0 Å². The average Bonchev–Trinajstić information content (AvgIpc) is 2.41. The van der Waals surface area contributed by atoms with E-state index in [0.29, 0.717) is 12.4 Å². The molecule has 5 heteroatoms. The van der Waals surface area contributed by atoms with Gasteiger partial charge in [-0.15, -0.1) is 0 Å². The van der Waals surface area contributed by atoms with Crippen LogP contribution in [0.2, 0.25) is 5.02 Å². The van der Waals surface area contributed by atoms with Crippen molar-refractivity contribution >= 4 is 11.6 Å². The van der Waals surface area contributed by atoms with E-state index < -0.39 is 5.82 Å². The van der Waals surface area contributed by atoms with Crippen LogP contribution in [-0.4, -0.2) is 11.6 Å². The van der Waals surface area contributed by atoms with Gasteiger partial charge in [0.15, 0.2) is 5.82 Å². The van der Waals surface area contributed by atoms with Crippen molar-refractivity contribution in [2.75, 3.05) is 6.61 Å². The third kappa shape index (κ3) is 3.83. The Bertz CT molecular complexity index is 546. The van der Waals surface area contributed by atoms with Crippen molar-refractivity contribution in [1.82, 2.24) is 4.98 Å². The maximum atomic E-state index is 13.5. The number of pyridine rings is 1. The molecule has 0 saturated heterocycles. The number of hydrogen-bond acceptors (Lipinski definition) is 3. The molecule has 0 fully saturated rings. The normalized spacial score (nSPS) is 10.3. The quantitative estimate of drug-likeness (QED) is 0.811. The molecule has 19 heavy (non-hydrogen) atoms. The standard InChI is InChI=1S/C14H13ClFNO2/c1-2-7-18-11-3-5-12(6-4-11)19-14-13(16)8-10(15)9-17-14/h3-6,8-9H,2,7H2,1H3. The SMILES string of the molecule is CCCOc1ccc(Oc2ncc(Cl)cc2F)cc1. The molecule has 0 atom stereocenters. The summed E-state index contributed by atoms with van der Waals surface area (Å²) in [6, 6.07) is 8.07. The summed E-state index contributed by atoms with van der Waals surface area (Å²) < 4.78 is 24.2. The molecule has 0 saturated carbocycles. The molecule has 100 valence electrons. The fraction of sp³-hybridized carbons (Fsp3) is 0.214. The fourth-order valence-corrected chi connectivity index (χ4v) is 1.56. The molecular formula is C14H13ClFNO2. The lowest BCUT2D eigenvalue weighted by Gasteiger charge is -2.07. The molecule has 0 unspecified atom stereocenters. The predicted octanol–water partition coefficient (Wildman–Crippen LogP) is 4.46. The van der Waals surface area contributed by atoms with E-state index in [0.717, 1.165) is 18.2 Å². The first-order chi connectivity index (χ1) is 9.19. The Labute approximate surface area is 115 Å². The summed E-state index contributed by atoms with van der Waals surface area (Å²) >= 11 is 5.61. The first-order valence-corrected chi connectivity index (χ1v) is 6.28. The van der Waals surface area contributed by atoms with Crippen LogP contribution in [0, 0.1) is 5.82 Å². The van der Waals surface area contributed by atoms with Gasteiger partial charge in [-0.2, -0.15) is 0 Å². The molecule has 0 aliphatic rings. The van der Waals surface area contributed by atoms with Crippen LogP contribution in [0.1, 0.15) is 13.3 Å². The van der Waals surface area contributed by atoms with Gasteiger partial charge in [0.25, 0.3) is 5.88 Å². The highest BCUT2D eigenvalue weighted by Gasteiger charge is 2.07. The van der Waals surface area contributed by atoms with Gasteiger partial charge in [-0.3, -0.25) is 0 Å². The number of benzene rings is 1. The van der Waals surface area contributed by atoms with Crippen LogP contribution in [0.25, 0.3) is 0 Å². The van der Waals surface area contributed by atoms with Crippen LogP contribution in [0.5, 0.6) is 17.4 Å². The summed E-state index contributed by atoms with van der Waals surface area (Å²) in [6.07, 6.45) is 2.27. The van der Waals surface area contributed by atoms with Crippen LogP contribution < -0.4 is 9.47 Å². The van der Waals surface area contributed by atoms with Gasteiger partial charge < -0.3 is 9.47 Å². The van der Waals surface area contributed by atoms with E-state index in [1.807, 2.05) is 6.92 Å². The first-order valence-electron chi connectivity index (χ1n) is 5.91. The second-order valence-corrected chi connectivity index (χ2v) is 4.30. The Morgan fingerprint density at radius 2 is 1.89 bits per heavy atom. The van der Waals surface area contributed by atoms with Crippen molar-refractivity contribution in [2.45, 2.75) is 13.3 Å². The molecule has 0 aliphatic carbocycles. The van der Waals surface area contributed by atoms with Gasteiger partial charge in [0.05, 0.1) is 11.6 Å². The maximum Gasteiger partial charge on any atom is 0.255 e. The zero-order chi connectivity index (χ0) is 13.7. The summed E-state index contributed by atoms with van der Waals surface area (Å²) in [4.78, 5) is 3.78. The smallest absolute Gasteiger partial charge is 0.255 e. The molecule has 1 aromatic carbocycles. The van der Waals surface area contributed by atoms with Crippen molar-refractivity contribution in [2.24, 2.45) is 0 Å². The number of halogens is 2. The van der Waals surface area contributed by atoms with Crippen molar-refractivity contribution in [3.8, 4) is 17.4 Å². The number of ether oxygens (including phenoxy) is 2. The minimum Gasteiger partial charge on any atom is -0.494 e. The van der Waals surface area contributed by atoms with Gasteiger partial charge in [-0.1, -0.05) is 18.5 Å². The van der Waals surface area contributed by atoms with Gasteiger partial charge in [-0.25, -0.2) is 9.37 Å². The molecule has 2 aromatic rings. The molecule has 1 heterocycles. The van der Waals surface area contributed by atoms with Crippen molar-refractivity contribution < 1.29 is 13.9 Å². The molecule has 0 bridgehead atoms. The summed E-state index contributed by atoms with van der Waals surface area (Å²) in [5.74, 6) is 0.529. The van der Waals surface area contributed by atoms with Crippen molar-refractivity contribution in [1.29, 1.82) is 0 Å². The Kier molecular flexibility index (Phi) is 4.58. The lowest BCUT2D eigenvalue weighted by atomic mass is 10.3. The van der Waals surface area contributed by atoms with E-state index >= 15 is 0 Å².